The lowest BCUT2D eigenvalue weighted by atomic mass is 10.1. The first-order chi connectivity index (χ1) is 14.6. The molecule has 0 N–H and O–H groups in total. The molecule has 30 heavy (non-hydrogen) atoms. The zero-order chi connectivity index (χ0) is 22.2. The Morgan fingerprint density at radius 3 is 1.03 bits per heavy atom. The van der Waals surface area contributed by atoms with Crippen molar-refractivity contribution >= 4 is 36.5 Å². The molecule has 0 saturated carbocycles. The average molecular weight is 391 g/mol. The predicted molar refractivity (Wildman–Crippen MR) is 140 cm³/mol. The highest BCUT2D eigenvalue weighted by Crippen LogP contribution is 2.10. The first kappa shape index (κ1) is 24.1. The molecule has 0 saturated heterocycles. The summed E-state index contributed by atoms with van der Waals surface area (Å²) in [6.45, 7) is 22.0. The van der Waals surface area contributed by atoms with Crippen LogP contribution in [-0.4, -0.2) is 0 Å². The molecule has 150 valence electrons. The number of benzene rings is 3. The van der Waals surface area contributed by atoms with Crippen LogP contribution < -0.4 is 0 Å². The normalized spacial score (nSPS) is 8.80. The summed E-state index contributed by atoms with van der Waals surface area (Å²) in [6.07, 6.45) is 11.0. The zero-order valence-corrected chi connectivity index (χ0v) is 17.6. The number of rotatable bonds is 6. The molecule has 0 fully saturated rings. The van der Waals surface area contributed by atoms with Crippen molar-refractivity contribution in [3.63, 3.8) is 0 Å². The molecular weight excluding hydrogens is 360 g/mol. The van der Waals surface area contributed by atoms with Crippen LogP contribution in [0.3, 0.4) is 0 Å². The molecule has 0 aliphatic heterocycles. The average Bonchev–Trinajstić information content (AvgIpc) is 2.84. The van der Waals surface area contributed by atoms with Crippen molar-refractivity contribution in [3.8, 4) is 0 Å². The van der Waals surface area contributed by atoms with Crippen molar-refractivity contribution in [2.45, 2.75) is 0 Å². The fourth-order valence-electron chi connectivity index (χ4n) is 2.46. The maximum absolute atomic E-state index is 3.69. The van der Waals surface area contributed by atoms with Gasteiger partial charge < -0.3 is 0 Å². The third-order valence-corrected chi connectivity index (χ3v) is 4.23. The summed E-state index contributed by atoms with van der Waals surface area (Å²) >= 11 is 0. The van der Waals surface area contributed by atoms with Crippen molar-refractivity contribution in [1.82, 2.24) is 0 Å². The third kappa shape index (κ3) is 8.41. The minimum Gasteiger partial charge on any atom is -0.0985 e. The summed E-state index contributed by atoms with van der Waals surface area (Å²) in [5.41, 5.74) is 6.83. The Bertz CT molecular complexity index is 907. The van der Waals surface area contributed by atoms with E-state index in [9.17, 15) is 0 Å². The highest BCUT2D eigenvalue weighted by molar-refractivity contribution is 5.63. The molecule has 0 heterocycles. The quantitative estimate of drug-likeness (QED) is 0.394. The lowest BCUT2D eigenvalue weighted by Gasteiger charge is -1.96. The Balaban J connectivity index is 0.000000225. The van der Waals surface area contributed by atoms with Gasteiger partial charge in [0.15, 0.2) is 0 Å². The largest absolute Gasteiger partial charge is 0.0985 e. The monoisotopic (exact) mass is 390 g/mol. The van der Waals surface area contributed by atoms with Crippen molar-refractivity contribution in [2.24, 2.45) is 0 Å². The van der Waals surface area contributed by atoms with Crippen LogP contribution >= 0.6 is 0 Å². The topological polar surface area (TPSA) is 0 Å². The maximum atomic E-state index is 3.69. The van der Waals surface area contributed by atoms with Gasteiger partial charge in [0.1, 0.15) is 0 Å². The van der Waals surface area contributed by atoms with Gasteiger partial charge in [-0.3, -0.25) is 0 Å². The van der Waals surface area contributed by atoms with Crippen LogP contribution in [0.1, 0.15) is 33.4 Å². The lowest BCUT2D eigenvalue weighted by Crippen LogP contribution is -1.76. The molecule has 0 spiro atoms. The third-order valence-electron chi connectivity index (χ3n) is 4.23. The van der Waals surface area contributed by atoms with Gasteiger partial charge in [-0.1, -0.05) is 143 Å². The maximum Gasteiger partial charge on any atom is -0.0190 e. The minimum absolute atomic E-state index is 1.14. The summed E-state index contributed by atoms with van der Waals surface area (Å²) in [5, 5.41) is 0. The van der Waals surface area contributed by atoms with Gasteiger partial charge in [0.05, 0.1) is 0 Å². The zero-order valence-electron chi connectivity index (χ0n) is 17.6. The van der Waals surface area contributed by atoms with E-state index in [1.807, 2.05) is 109 Å². The molecule has 0 amide bonds. The van der Waals surface area contributed by atoms with E-state index in [-0.39, 0.29) is 0 Å². The lowest BCUT2D eigenvalue weighted by molar-refractivity contribution is 1.62. The standard InChI is InChI=1S/3C10H10/c1-3-9-5-7-10(4-2)8-6-9;1-3-9-6-5-7-10(4-2)8-9;1-3-9-7-5-6-8-10(9)4-2/h3*3-8H,1-2H2. The molecule has 0 bridgehead atoms. The van der Waals surface area contributed by atoms with Crippen LogP contribution in [0.5, 0.6) is 0 Å². The van der Waals surface area contributed by atoms with Crippen LogP contribution in [0.25, 0.3) is 36.5 Å². The summed E-state index contributed by atoms with van der Waals surface area (Å²) in [7, 11) is 0. The second kappa shape index (κ2) is 14.1. The predicted octanol–water partition coefficient (Wildman–Crippen LogP) is 8.92. The van der Waals surface area contributed by atoms with Crippen molar-refractivity contribution in [2.75, 3.05) is 0 Å². The Morgan fingerprint density at radius 1 is 0.367 bits per heavy atom. The van der Waals surface area contributed by atoms with Crippen LogP contribution in [0.15, 0.2) is 112 Å². The molecule has 0 heteroatoms. The van der Waals surface area contributed by atoms with E-state index < -0.39 is 0 Å². The first-order valence-electron chi connectivity index (χ1n) is 9.65. The van der Waals surface area contributed by atoms with Gasteiger partial charge in [-0.05, 0) is 39.4 Å². The molecule has 0 atom stereocenters. The fourth-order valence-corrected chi connectivity index (χ4v) is 2.46. The van der Waals surface area contributed by atoms with Crippen LogP contribution in [0.2, 0.25) is 0 Å². The van der Waals surface area contributed by atoms with E-state index in [0.29, 0.717) is 0 Å². The van der Waals surface area contributed by atoms with Gasteiger partial charge in [-0.15, -0.1) is 0 Å². The molecule has 0 aliphatic rings. The Hall–Kier alpha value is -3.90. The Labute approximate surface area is 182 Å². The minimum atomic E-state index is 1.14. The molecule has 0 radical (unpaired) electrons. The first-order valence-corrected chi connectivity index (χ1v) is 9.65. The Morgan fingerprint density at radius 2 is 0.733 bits per heavy atom. The van der Waals surface area contributed by atoms with Crippen molar-refractivity contribution < 1.29 is 0 Å². The van der Waals surface area contributed by atoms with Gasteiger partial charge in [-0.25, -0.2) is 0 Å². The molecule has 0 unspecified atom stereocenters. The van der Waals surface area contributed by atoms with Crippen molar-refractivity contribution in [3.05, 3.63) is 146 Å². The van der Waals surface area contributed by atoms with Crippen LogP contribution in [0.4, 0.5) is 0 Å². The molecule has 3 aromatic rings. The molecular formula is C30H30. The molecule has 0 aliphatic carbocycles. The molecule has 0 nitrogen and oxygen atoms in total. The van der Waals surface area contributed by atoms with E-state index in [1.165, 1.54) is 0 Å². The Kier molecular flexibility index (Phi) is 11.4. The van der Waals surface area contributed by atoms with Crippen LogP contribution in [0, 0.1) is 0 Å². The molecule has 3 aromatic carbocycles. The highest BCUT2D eigenvalue weighted by Gasteiger charge is 1.89. The fraction of sp³-hybridized carbons (Fsp3) is 0. The molecule has 0 aromatic heterocycles. The SMILES string of the molecule is C=Cc1ccc(C=C)cc1.C=Cc1cccc(C=C)c1.C=Cc1ccccc1C=C. The van der Waals surface area contributed by atoms with Gasteiger partial charge in [0.25, 0.3) is 0 Å². The molecule has 3 rings (SSSR count). The number of hydrogen-bond acceptors (Lipinski definition) is 0. The van der Waals surface area contributed by atoms with E-state index in [4.69, 9.17) is 0 Å². The van der Waals surface area contributed by atoms with Crippen LogP contribution in [-0.2, 0) is 0 Å². The van der Waals surface area contributed by atoms with Gasteiger partial charge >= 0.3 is 0 Å². The van der Waals surface area contributed by atoms with Gasteiger partial charge in [-0.2, -0.15) is 0 Å². The summed E-state index contributed by atoms with van der Waals surface area (Å²) in [6, 6.07) is 24.2. The van der Waals surface area contributed by atoms with Crippen molar-refractivity contribution in [1.29, 1.82) is 0 Å². The van der Waals surface area contributed by atoms with E-state index in [1.54, 1.807) is 0 Å². The van der Waals surface area contributed by atoms with E-state index in [2.05, 4.69) is 39.5 Å². The summed E-state index contributed by atoms with van der Waals surface area (Å²) in [5.74, 6) is 0. The number of hydrogen-bond donors (Lipinski definition) is 0. The second-order valence-corrected chi connectivity index (χ2v) is 6.19. The summed E-state index contributed by atoms with van der Waals surface area (Å²) < 4.78 is 0. The second-order valence-electron chi connectivity index (χ2n) is 6.19. The van der Waals surface area contributed by atoms with Gasteiger partial charge in [0.2, 0.25) is 0 Å². The summed E-state index contributed by atoms with van der Waals surface area (Å²) in [4.78, 5) is 0. The smallest absolute Gasteiger partial charge is 0.0190 e. The van der Waals surface area contributed by atoms with Gasteiger partial charge in [0, 0.05) is 0 Å². The highest BCUT2D eigenvalue weighted by atomic mass is 13.9. The van der Waals surface area contributed by atoms with E-state index in [0.717, 1.165) is 33.4 Å². The van der Waals surface area contributed by atoms with E-state index >= 15 is 0 Å².